The van der Waals surface area contributed by atoms with Gasteiger partial charge < -0.3 is 41.3 Å². The van der Waals surface area contributed by atoms with Crippen LogP contribution in [0.5, 0.6) is 23.0 Å². The number of aromatic hydroxyl groups is 4. The van der Waals surface area contributed by atoms with Crippen LogP contribution in [0.3, 0.4) is 0 Å². The molecule has 0 aliphatic carbocycles. The Morgan fingerprint density at radius 1 is 0.567 bits per heavy atom. The first kappa shape index (κ1) is 23.8. The molecule has 166 valence electrons. The van der Waals surface area contributed by atoms with E-state index in [0.29, 0.717) is 24.2 Å². The van der Waals surface area contributed by atoms with Gasteiger partial charge in [0.15, 0.2) is 23.0 Å². The van der Waals surface area contributed by atoms with Gasteiger partial charge in [-0.05, 0) is 61.3 Å². The molecule has 0 saturated carbocycles. The van der Waals surface area contributed by atoms with Gasteiger partial charge in [-0.2, -0.15) is 0 Å². The Balaban J connectivity index is 1.48. The number of benzene rings is 2. The lowest BCUT2D eigenvalue weighted by Gasteiger charge is -2.13. The lowest BCUT2D eigenvalue weighted by molar-refractivity contribution is 0.173. The molecule has 8 nitrogen and oxygen atoms in total. The summed E-state index contributed by atoms with van der Waals surface area (Å²) < 4.78 is 0. The molecule has 2 rings (SSSR count). The summed E-state index contributed by atoms with van der Waals surface area (Å²) in [4.78, 5) is 0. The predicted octanol–water partition coefficient (Wildman–Crippen LogP) is 2.02. The lowest BCUT2D eigenvalue weighted by Crippen LogP contribution is -2.23. The van der Waals surface area contributed by atoms with E-state index in [1.54, 1.807) is 12.1 Å². The third-order valence-electron chi connectivity index (χ3n) is 4.90. The van der Waals surface area contributed by atoms with Crippen molar-refractivity contribution in [2.45, 2.75) is 37.9 Å². The van der Waals surface area contributed by atoms with E-state index in [4.69, 9.17) is 0 Å². The molecule has 30 heavy (non-hydrogen) atoms. The highest BCUT2D eigenvalue weighted by atomic mass is 16.3. The minimum atomic E-state index is -0.748. The van der Waals surface area contributed by atoms with Gasteiger partial charge in [0.2, 0.25) is 0 Å². The van der Waals surface area contributed by atoms with E-state index in [-0.39, 0.29) is 23.0 Å². The second-order valence-electron chi connectivity index (χ2n) is 7.35. The molecule has 8 N–H and O–H groups in total. The van der Waals surface area contributed by atoms with Crippen molar-refractivity contribution in [1.29, 1.82) is 0 Å². The Kier molecular flexibility index (Phi) is 9.69. The smallest absolute Gasteiger partial charge is 0.157 e. The van der Waals surface area contributed by atoms with Crippen LogP contribution in [0.4, 0.5) is 0 Å². The largest absolute Gasteiger partial charge is 0.504 e. The fraction of sp³-hybridized carbons (Fsp3) is 0.455. The van der Waals surface area contributed by atoms with Gasteiger partial charge in [-0.25, -0.2) is 0 Å². The topological polar surface area (TPSA) is 145 Å². The fourth-order valence-electron chi connectivity index (χ4n) is 3.06. The van der Waals surface area contributed by atoms with Gasteiger partial charge in [0, 0.05) is 13.1 Å². The molecule has 0 aromatic heterocycles. The number of unbranched alkanes of at least 4 members (excludes halogenated alkanes) is 3. The van der Waals surface area contributed by atoms with Crippen molar-refractivity contribution in [2.24, 2.45) is 0 Å². The Labute approximate surface area is 176 Å². The summed E-state index contributed by atoms with van der Waals surface area (Å²) in [6.45, 7) is 2.29. The SMILES string of the molecule is Oc1ccc([C@@H](O)CNCCCCCCNC[C@H](O)c2ccc(O)c(O)c2)cc1O. The number of phenolic OH excluding ortho intramolecular Hbond substituents is 4. The first-order valence-electron chi connectivity index (χ1n) is 10.2. The van der Waals surface area contributed by atoms with Gasteiger partial charge in [-0.1, -0.05) is 25.0 Å². The van der Waals surface area contributed by atoms with Crippen LogP contribution in [-0.4, -0.2) is 56.8 Å². The summed E-state index contributed by atoms with van der Waals surface area (Å²) in [5, 5.41) is 64.0. The summed E-state index contributed by atoms with van der Waals surface area (Å²) in [7, 11) is 0. The van der Waals surface area contributed by atoms with Gasteiger partial charge in [0.05, 0.1) is 12.2 Å². The van der Waals surface area contributed by atoms with Gasteiger partial charge in [0.1, 0.15) is 0 Å². The molecule has 0 aliphatic rings. The second-order valence-corrected chi connectivity index (χ2v) is 7.35. The standard InChI is InChI=1S/C22H32N2O6/c25-17-7-5-15(11-19(17)27)21(29)13-23-9-3-1-2-4-10-24-14-22(30)16-6-8-18(26)20(28)12-16/h5-8,11-12,21-30H,1-4,9-10,13-14H2/t21-,22-/m0/s1. The Hall–Kier alpha value is -2.52. The highest BCUT2D eigenvalue weighted by molar-refractivity contribution is 5.42. The van der Waals surface area contributed by atoms with Gasteiger partial charge in [-0.3, -0.25) is 0 Å². The Morgan fingerprint density at radius 3 is 1.33 bits per heavy atom. The molecule has 0 fully saturated rings. The number of phenols is 4. The molecule has 0 bridgehead atoms. The maximum atomic E-state index is 10.1. The van der Waals surface area contributed by atoms with E-state index in [2.05, 4.69) is 10.6 Å². The molecule has 2 aromatic carbocycles. The molecule has 2 atom stereocenters. The van der Waals surface area contributed by atoms with E-state index < -0.39 is 12.2 Å². The van der Waals surface area contributed by atoms with E-state index in [0.717, 1.165) is 38.8 Å². The van der Waals surface area contributed by atoms with Crippen molar-refractivity contribution in [2.75, 3.05) is 26.2 Å². The summed E-state index contributed by atoms with van der Waals surface area (Å²) in [6, 6.07) is 8.59. The number of aliphatic hydroxyl groups excluding tert-OH is 2. The average Bonchev–Trinajstić information content (AvgIpc) is 2.73. The van der Waals surface area contributed by atoms with Crippen molar-refractivity contribution in [3.05, 3.63) is 47.5 Å². The summed E-state index contributed by atoms with van der Waals surface area (Å²) >= 11 is 0. The normalized spacial score (nSPS) is 13.3. The van der Waals surface area contributed by atoms with Crippen LogP contribution in [0.1, 0.15) is 49.0 Å². The number of nitrogens with one attached hydrogen (secondary N) is 2. The van der Waals surface area contributed by atoms with E-state index in [9.17, 15) is 30.6 Å². The van der Waals surface area contributed by atoms with Gasteiger partial charge >= 0.3 is 0 Å². The van der Waals surface area contributed by atoms with Crippen LogP contribution in [0.2, 0.25) is 0 Å². The van der Waals surface area contributed by atoms with E-state index in [1.807, 2.05) is 0 Å². The number of hydrogen-bond acceptors (Lipinski definition) is 8. The lowest BCUT2D eigenvalue weighted by atomic mass is 10.1. The zero-order valence-corrected chi connectivity index (χ0v) is 17.0. The monoisotopic (exact) mass is 420 g/mol. The van der Waals surface area contributed by atoms with E-state index >= 15 is 0 Å². The maximum Gasteiger partial charge on any atom is 0.157 e. The molecule has 0 spiro atoms. The molecular weight excluding hydrogens is 388 g/mol. The second kappa shape index (κ2) is 12.2. The zero-order chi connectivity index (χ0) is 21.9. The molecule has 0 unspecified atom stereocenters. The molecular formula is C22H32N2O6. The van der Waals surface area contributed by atoms with Crippen LogP contribution in [0, 0.1) is 0 Å². The predicted molar refractivity (Wildman–Crippen MR) is 114 cm³/mol. The minimum Gasteiger partial charge on any atom is -0.504 e. The first-order chi connectivity index (χ1) is 14.4. The number of hydrogen-bond donors (Lipinski definition) is 8. The van der Waals surface area contributed by atoms with Crippen molar-refractivity contribution in [3.8, 4) is 23.0 Å². The Bertz CT molecular complexity index is 721. The van der Waals surface area contributed by atoms with Crippen LogP contribution in [0.25, 0.3) is 0 Å². The number of aliphatic hydroxyl groups is 2. The van der Waals surface area contributed by atoms with Gasteiger partial charge in [-0.15, -0.1) is 0 Å². The molecule has 0 amide bonds. The summed E-state index contributed by atoms with van der Waals surface area (Å²) in [5.74, 6) is -0.895. The third kappa shape index (κ3) is 7.72. The quantitative estimate of drug-likeness (QED) is 0.181. The van der Waals surface area contributed by atoms with Crippen molar-refractivity contribution >= 4 is 0 Å². The molecule has 0 heterocycles. The van der Waals surface area contributed by atoms with Crippen LogP contribution < -0.4 is 10.6 Å². The van der Waals surface area contributed by atoms with Gasteiger partial charge in [0.25, 0.3) is 0 Å². The highest BCUT2D eigenvalue weighted by Gasteiger charge is 2.10. The highest BCUT2D eigenvalue weighted by Crippen LogP contribution is 2.28. The third-order valence-corrected chi connectivity index (χ3v) is 4.90. The van der Waals surface area contributed by atoms with Crippen molar-refractivity contribution < 1.29 is 30.6 Å². The summed E-state index contributed by atoms with van der Waals surface area (Å²) in [6.07, 6.45) is 2.54. The maximum absolute atomic E-state index is 10.1. The molecule has 0 saturated heterocycles. The van der Waals surface area contributed by atoms with Crippen LogP contribution >= 0.6 is 0 Å². The Morgan fingerprint density at radius 2 is 0.967 bits per heavy atom. The van der Waals surface area contributed by atoms with Crippen LogP contribution in [-0.2, 0) is 0 Å². The fourth-order valence-corrected chi connectivity index (χ4v) is 3.06. The number of rotatable bonds is 13. The average molecular weight is 421 g/mol. The molecule has 0 aliphatic heterocycles. The van der Waals surface area contributed by atoms with Crippen molar-refractivity contribution in [1.82, 2.24) is 10.6 Å². The first-order valence-corrected chi connectivity index (χ1v) is 10.2. The minimum absolute atomic E-state index is 0.206. The zero-order valence-electron chi connectivity index (χ0n) is 17.0. The molecule has 0 radical (unpaired) electrons. The van der Waals surface area contributed by atoms with Crippen LogP contribution in [0.15, 0.2) is 36.4 Å². The molecule has 8 heteroatoms. The summed E-state index contributed by atoms with van der Waals surface area (Å²) in [5.41, 5.74) is 1.10. The molecule has 2 aromatic rings. The van der Waals surface area contributed by atoms with E-state index in [1.165, 1.54) is 24.3 Å². The van der Waals surface area contributed by atoms with Crippen molar-refractivity contribution in [3.63, 3.8) is 0 Å².